The number of carbonyl (C=O) groups is 4. The molecular formula is C26H37N5O5. The first-order chi connectivity index (χ1) is 16.9. The van der Waals surface area contributed by atoms with Crippen molar-refractivity contribution in [3.8, 4) is 0 Å². The number of pyridine rings is 1. The van der Waals surface area contributed by atoms with E-state index in [0.717, 1.165) is 11.4 Å². The third kappa shape index (κ3) is 5.79. The maximum absolute atomic E-state index is 13.1. The number of imide groups is 1. The quantitative estimate of drug-likeness (QED) is 0.502. The number of piperazine rings is 1. The van der Waals surface area contributed by atoms with Gasteiger partial charge >= 0.3 is 12.0 Å². The average molecular weight is 500 g/mol. The normalized spacial score (nSPS) is 22.8. The third-order valence-corrected chi connectivity index (χ3v) is 7.32. The number of likely N-dealkylation sites (tertiary alicyclic amines) is 1. The van der Waals surface area contributed by atoms with Crippen molar-refractivity contribution in [2.75, 3.05) is 44.2 Å². The highest BCUT2D eigenvalue weighted by Gasteiger charge is 2.41. The summed E-state index contributed by atoms with van der Waals surface area (Å²) in [5, 5.41) is 2.39. The van der Waals surface area contributed by atoms with Crippen LogP contribution in [-0.2, 0) is 19.1 Å². The number of rotatable bonds is 3. The van der Waals surface area contributed by atoms with Gasteiger partial charge in [-0.3, -0.25) is 19.7 Å². The van der Waals surface area contributed by atoms with Crippen LogP contribution in [0, 0.1) is 5.41 Å². The number of anilines is 1. The molecule has 4 rings (SSSR count). The molecule has 3 aliphatic heterocycles. The van der Waals surface area contributed by atoms with Gasteiger partial charge in [0.05, 0.1) is 11.3 Å². The molecule has 4 amide bonds. The first kappa shape index (κ1) is 25.9. The van der Waals surface area contributed by atoms with Gasteiger partial charge in [-0.2, -0.15) is 0 Å². The van der Waals surface area contributed by atoms with E-state index in [4.69, 9.17) is 4.74 Å². The highest BCUT2D eigenvalue weighted by atomic mass is 16.6. The topological polar surface area (TPSA) is 112 Å². The Labute approximate surface area is 212 Å². The van der Waals surface area contributed by atoms with Crippen LogP contribution in [0.25, 0.3) is 0 Å². The molecule has 10 nitrogen and oxygen atoms in total. The molecule has 1 unspecified atom stereocenters. The maximum Gasteiger partial charge on any atom is 0.320 e. The monoisotopic (exact) mass is 499 g/mol. The van der Waals surface area contributed by atoms with Gasteiger partial charge in [0.2, 0.25) is 11.8 Å². The van der Waals surface area contributed by atoms with Crippen molar-refractivity contribution >= 4 is 29.6 Å². The molecule has 10 heteroatoms. The molecule has 0 spiro atoms. The molecule has 0 bridgehead atoms. The van der Waals surface area contributed by atoms with Gasteiger partial charge in [0, 0.05) is 51.9 Å². The van der Waals surface area contributed by atoms with Crippen LogP contribution in [0.3, 0.4) is 0 Å². The van der Waals surface area contributed by atoms with E-state index in [1.54, 1.807) is 6.20 Å². The number of nitrogens with zero attached hydrogens (tertiary/aromatic N) is 4. The van der Waals surface area contributed by atoms with Crippen LogP contribution >= 0.6 is 0 Å². The zero-order chi connectivity index (χ0) is 26.1. The van der Waals surface area contributed by atoms with Gasteiger partial charge in [-0.1, -0.05) is 6.07 Å². The van der Waals surface area contributed by atoms with Crippen molar-refractivity contribution in [3.63, 3.8) is 0 Å². The Balaban J connectivity index is 1.26. The number of hydrogen-bond acceptors (Lipinski definition) is 7. The highest BCUT2D eigenvalue weighted by molar-refractivity contribution is 6.00. The Kier molecular flexibility index (Phi) is 7.24. The largest absolute Gasteiger partial charge is 0.460 e. The number of piperidine rings is 2. The van der Waals surface area contributed by atoms with Crippen LogP contribution in [0.2, 0.25) is 0 Å². The van der Waals surface area contributed by atoms with E-state index < -0.39 is 11.0 Å². The summed E-state index contributed by atoms with van der Waals surface area (Å²) < 4.78 is 5.60. The van der Waals surface area contributed by atoms with Crippen LogP contribution in [0.15, 0.2) is 18.3 Å². The van der Waals surface area contributed by atoms with E-state index in [-0.39, 0.29) is 29.7 Å². The number of nitrogens with one attached hydrogen (secondary N) is 1. The lowest BCUT2D eigenvalue weighted by Gasteiger charge is -2.42. The third-order valence-electron chi connectivity index (χ3n) is 7.32. The molecule has 0 aliphatic carbocycles. The second-order valence-corrected chi connectivity index (χ2v) is 11.3. The fraction of sp³-hybridized carbons (Fsp3) is 0.654. The van der Waals surface area contributed by atoms with Crippen molar-refractivity contribution in [3.05, 3.63) is 23.9 Å². The fourth-order valence-corrected chi connectivity index (χ4v) is 4.93. The number of hydrogen-bond donors (Lipinski definition) is 1. The molecule has 36 heavy (non-hydrogen) atoms. The summed E-state index contributed by atoms with van der Waals surface area (Å²) in [5.74, 6) is -0.219. The smallest absolute Gasteiger partial charge is 0.320 e. The molecule has 196 valence electrons. The molecule has 1 N–H and O–H groups in total. The molecule has 0 saturated carbocycles. The van der Waals surface area contributed by atoms with Gasteiger partial charge in [-0.05, 0) is 58.6 Å². The second kappa shape index (κ2) is 10.1. The Morgan fingerprint density at radius 1 is 1.03 bits per heavy atom. The molecule has 3 saturated heterocycles. The summed E-state index contributed by atoms with van der Waals surface area (Å²) >= 11 is 0. The van der Waals surface area contributed by atoms with Crippen LogP contribution in [0.1, 0.15) is 64.9 Å². The first-order valence-corrected chi connectivity index (χ1v) is 12.8. The highest BCUT2D eigenvalue weighted by Crippen LogP contribution is 2.34. The lowest BCUT2D eigenvalue weighted by atomic mass is 9.80. The number of urea groups is 1. The summed E-state index contributed by atoms with van der Waals surface area (Å²) in [7, 11) is 0. The average Bonchev–Trinajstić information content (AvgIpc) is 2.83. The molecule has 1 aromatic heterocycles. The molecule has 1 atom stereocenters. The zero-order valence-corrected chi connectivity index (χ0v) is 21.7. The molecule has 0 radical (unpaired) electrons. The van der Waals surface area contributed by atoms with E-state index in [9.17, 15) is 19.2 Å². The summed E-state index contributed by atoms with van der Waals surface area (Å²) in [4.78, 5) is 59.7. The Morgan fingerprint density at radius 2 is 1.67 bits per heavy atom. The SMILES string of the molecule is CC(C)(C)OC(=O)C1(C)CCN(C(=O)N2CCN(c3ccc(C4CCC(=O)NC4=O)cn3)CC2)CC1. The zero-order valence-electron chi connectivity index (χ0n) is 21.7. The van der Waals surface area contributed by atoms with Crippen molar-refractivity contribution in [2.45, 2.75) is 64.9 Å². The van der Waals surface area contributed by atoms with Crippen molar-refractivity contribution in [1.29, 1.82) is 0 Å². The van der Waals surface area contributed by atoms with Crippen molar-refractivity contribution in [2.24, 2.45) is 5.41 Å². The predicted molar refractivity (Wildman–Crippen MR) is 133 cm³/mol. The van der Waals surface area contributed by atoms with Gasteiger partial charge in [0.25, 0.3) is 0 Å². The fourth-order valence-electron chi connectivity index (χ4n) is 4.93. The summed E-state index contributed by atoms with van der Waals surface area (Å²) in [6, 6.07) is 3.82. The standard InChI is InChI=1S/C26H37N5O5/c1-25(2,3)36-23(34)26(4)9-11-30(12-10-26)24(35)31-15-13-29(14-16-31)20-7-5-18(17-27-20)19-6-8-21(32)28-22(19)33/h5,7,17,19H,6,8-16H2,1-4H3,(H,28,32,33). The number of ether oxygens (including phenoxy) is 1. The summed E-state index contributed by atoms with van der Waals surface area (Å²) in [6.45, 7) is 11.1. The van der Waals surface area contributed by atoms with Crippen LogP contribution in [0.4, 0.5) is 10.6 Å². The minimum Gasteiger partial charge on any atom is -0.460 e. The number of amides is 4. The van der Waals surface area contributed by atoms with Crippen LogP contribution in [-0.4, -0.2) is 83.5 Å². The lowest BCUT2D eigenvalue weighted by Crippen LogP contribution is -2.55. The van der Waals surface area contributed by atoms with E-state index in [0.29, 0.717) is 65.0 Å². The number of esters is 1. The van der Waals surface area contributed by atoms with Gasteiger partial charge < -0.3 is 19.4 Å². The van der Waals surface area contributed by atoms with Gasteiger partial charge in [0.15, 0.2) is 0 Å². The minimum atomic E-state index is -0.561. The minimum absolute atomic E-state index is 0.0158. The Bertz CT molecular complexity index is 1000. The Morgan fingerprint density at radius 3 is 2.22 bits per heavy atom. The maximum atomic E-state index is 13.1. The van der Waals surface area contributed by atoms with E-state index in [1.165, 1.54) is 0 Å². The summed E-state index contributed by atoms with van der Waals surface area (Å²) in [5.41, 5.74) is -0.276. The molecule has 0 aromatic carbocycles. The number of aromatic nitrogens is 1. The Hall–Kier alpha value is -3.17. The molecule has 3 aliphatic rings. The molecule has 3 fully saturated rings. The van der Waals surface area contributed by atoms with Crippen LogP contribution < -0.4 is 10.2 Å². The summed E-state index contributed by atoms with van der Waals surface area (Å²) in [6.07, 6.45) is 3.74. The van der Waals surface area contributed by atoms with Gasteiger partial charge in [-0.15, -0.1) is 0 Å². The predicted octanol–water partition coefficient (Wildman–Crippen LogP) is 2.29. The van der Waals surface area contributed by atoms with E-state index >= 15 is 0 Å². The van der Waals surface area contributed by atoms with E-state index in [2.05, 4.69) is 15.2 Å². The molecule has 4 heterocycles. The second-order valence-electron chi connectivity index (χ2n) is 11.3. The van der Waals surface area contributed by atoms with Crippen LogP contribution in [0.5, 0.6) is 0 Å². The lowest BCUT2D eigenvalue weighted by molar-refractivity contribution is -0.169. The van der Waals surface area contributed by atoms with Crippen molar-refractivity contribution in [1.82, 2.24) is 20.1 Å². The van der Waals surface area contributed by atoms with Gasteiger partial charge in [-0.25, -0.2) is 9.78 Å². The van der Waals surface area contributed by atoms with Crippen molar-refractivity contribution < 1.29 is 23.9 Å². The number of carbonyl (C=O) groups excluding carboxylic acids is 4. The molecular weight excluding hydrogens is 462 g/mol. The van der Waals surface area contributed by atoms with Gasteiger partial charge in [0.1, 0.15) is 11.4 Å². The van der Waals surface area contributed by atoms with E-state index in [1.807, 2.05) is 49.6 Å². The first-order valence-electron chi connectivity index (χ1n) is 12.8. The molecule has 1 aromatic rings.